The van der Waals surface area contributed by atoms with Crippen molar-refractivity contribution in [2.45, 2.75) is 19.3 Å². The molecule has 0 unspecified atom stereocenters. The van der Waals surface area contributed by atoms with Crippen LogP contribution in [0.2, 0.25) is 0 Å². The van der Waals surface area contributed by atoms with E-state index in [1.54, 1.807) is 11.0 Å². The van der Waals surface area contributed by atoms with Crippen molar-refractivity contribution in [1.29, 1.82) is 0 Å². The van der Waals surface area contributed by atoms with Gasteiger partial charge in [-0.15, -0.1) is 5.10 Å². The fraction of sp³-hybridized carbons (Fsp3) is 0.421. The summed E-state index contributed by atoms with van der Waals surface area (Å²) in [6, 6.07) is 10.3. The highest BCUT2D eigenvalue weighted by atomic mass is 16.2. The Morgan fingerprint density at radius 1 is 1.07 bits per heavy atom. The van der Waals surface area contributed by atoms with Crippen LogP contribution < -0.4 is 4.90 Å². The van der Waals surface area contributed by atoms with Crippen LogP contribution in [0.4, 0.5) is 5.82 Å². The molecular weight excluding hydrogens is 342 g/mol. The molecule has 1 aromatic carbocycles. The van der Waals surface area contributed by atoms with Gasteiger partial charge in [0.25, 0.3) is 0 Å². The number of carbonyl (C=O) groups is 1. The molecule has 8 heteroatoms. The van der Waals surface area contributed by atoms with Crippen molar-refractivity contribution in [3.8, 4) is 0 Å². The summed E-state index contributed by atoms with van der Waals surface area (Å²) in [5.41, 5.74) is 2.72. The number of aromatic nitrogens is 5. The highest BCUT2D eigenvalue weighted by molar-refractivity contribution is 5.83. The van der Waals surface area contributed by atoms with Crippen LogP contribution in [0.15, 0.2) is 36.7 Å². The number of piperazine rings is 1. The minimum Gasteiger partial charge on any atom is -0.351 e. The summed E-state index contributed by atoms with van der Waals surface area (Å²) in [5, 5.41) is 8.21. The Morgan fingerprint density at radius 3 is 2.63 bits per heavy atom. The van der Waals surface area contributed by atoms with Crippen molar-refractivity contribution in [2.24, 2.45) is 7.05 Å². The zero-order chi connectivity index (χ0) is 18.6. The third kappa shape index (κ3) is 3.74. The van der Waals surface area contributed by atoms with Gasteiger partial charge in [0.2, 0.25) is 5.91 Å². The van der Waals surface area contributed by atoms with Crippen LogP contribution in [0, 0.1) is 0 Å². The quantitative estimate of drug-likeness (QED) is 0.680. The molecule has 0 atom stereocenters. The molecule has 27 heavy (non-hydrogen) atoms. The third-order valence-corrected chi connectivity index (χ3v) is 5.00. The molecule has 140 valence electrons. The lowest BCUT2D eigenvalue weighted by Crippen LogP contribution is -2.49. The molecule has 1 saturated heterocycles. The molecule has 0 saturated carbocycles. The number of aryl methyl sites for hydroxylation is 2. The molecule has 0 aliphatic carbocycles. The van der Waals surface area contributed by atoms with Gasteiger partial charge in [0.15, 0.2) is 17.0 Å². The van der Waals surface area contributed by atoms with Gasteiger partial charge in [-0.2, -0.15) is 0 Å². The van der Waals surface area contributed by atoms with E-state index in [9.17, 15) is 4.79 Å². The van der Waals surface area contributed by atoms with Gasteiger partial charge in [-0.25, -0.2) is 14.6 Å². The van der Waals surface area contributed by atoms with Crippen molar-refractivity contribution in [2.75, 3.05) is 31.1 Å². The monoisotopic (exact) mass is 365 g/mol. The van der Waals surface area contributed by atoms with Crippen LogP contribution in [0.5, 0.6) is 0 Å². The van der Waals surface area contributed by atoms with E-state index >= 15 is 0 Å². The van der Waals surface area contributed by atoms with Crippen molar-refractivity contribution in [3.63, 3.8) is 0 Å². The first-order valence-corrected chi connectivity index (χ1v) is 9.29. The molecule has 0 N–H and O–H groups in total. The molecule has 1 aliphatic heterocycles. The number of anilines is 1. The molecule has 3 aromatic rings. The lowest BCUT2D eigenvalue weighted by atomic mass is 10.1. The summed E-state index contributed by atoms with van der Waals surface area (Å²) < 4.78 is 1.65. The van der Waals surface area contributed by atoms with Gasteiger partial charge < -0.3 is 9.80 Å². The number of nitrogens with zero attached hydrogens (tertiary/aromatic N) is 7. The first-order chi connectivity index (χ1) is 13.2. The summed E-state index contributed by atoms with van der Waals surface area (Å²) in [7, 11) is 1.82. The largest absolute Gasteiger partial charge is 0.351 e. The zero-order valence-electron chi connectivity index (χ0n) is 15.5. The number of carbonyl (C=O) groups excluding carboxylic acids is 1. The topological polar surface area (TPSA) is 80.0 Å². The molecule has 0 bridgehead atoms. The molecule has 8 nitrogen and oxygen atoms in total. The van der Waals surface area contributed by atoms with Gasteiger partial charge in [0.05, 0.1) is 0 Å². The summed E-state index contributed by atoms with van der Waals surface area (Å²) in [4.78, 5) is 25.2. The van der Waals surface area contributed by atoms with Crippen LogP contribution >= 0.6 is 0 Å². The minimum atomic E-state index is 0.234. The Hall–Kier alpha value is -3.03. The summed E-state index contributed by atoms with van der Waals surface area (Å²) in [6.07, 6.45) is 3.96. The lowest BCUT2D eigenvalue weighted by Gasteiger charge is -2.35. The van der Waals surface area contributed by atoms with E-state index in [1.807, 2.05) is 30.1 Å². The first kappa shape index (κ1) is 17.4. The molecule has 3 heterocycles. The van der Waals surface area contributed by atoms with E-state index in [4.69, 9.17) is 0 Å². The van der Waals surface area contributed by atoms with Crippen LogP contribution in [-0.2, 0) is 18.3 Å². The maximum Gasteiger partial charge on any atom is 0.222 e. The van der Waals surface area contributed by atoms with Crippen molar-refractivity contribution >= 4 is 22.9 Å². The Balaban J connectivity index is 1.31. The third-order valence-electron chi connectivity index (χ3n) is 5.00. The highest BCUT2D eigenvalue weighted by Crippen LogP contribution is 2.21. The molecular formula is C19H23N7O. The summed E-state index contributed by atoms with van der Waals surface area (Å²) >= 11 is 0. The first-order valence-electron chi connectivity index (χ1n) is 9.29. The van der Waals surface area contributed by atoms with Crippen LogP contribution in [0.25, 0.3) is 11.2 Å². The number of hydrogen-bond donors (Lipinski definition) is 0. The Bertz CT molecular complexity index is 916. The van der Waals surface area contributed by atoms with E-state index in [1.165, 1.54) is 5.56 Å². The second-order valence-electron chi connectivity index (χ2n) is 6.79. The Labute approximate surface area is 157 Å². The number of amides is 1. The molecule has 0 radical (unpaired) electrons. The minimum absolute atomic E-state index is 0.234. The predicted molar refractivity (Wildman–Crippen MR) is 102 cm³/mol. The highest BCUT2D eigenvalue weighted by Gasteiger charge is 2.24. The smallest absolute Gasteiger partial charge is 0.222 e. The van der Waals surface area contributed by atoms with Gasteiger partial charge in [0.1, 0.15) is 6.33 Å². The average Bonchev–Trinajstić information content (AvgIpc) is 3.10. The molecule has 1 aliphatic rings. The molecule has 4 rings (SSSR count). The van der Waals surface area contributed by atoms with E-state index in [0.717, 1.165) is 37.4 Å². The Morgan fingerprint density at radius 2 is 1.85 bits per heavy atom. The molecule has 0 spiro atoms. The van der Waals surface area contributed by atoms with E-state index in [0.29, 0.717) is 25.0 Å². The maximum atomic E-state index is 12.5. The van der Waals surface area contributed by atoms with E-state index in [-0.39, 0.29) is 5.91 Å². The standard InChI is InChI=1S/C19H23N7O/c1-24-18-17(22-23-24)19(21-14-20-18)26-12-10-25(11-13-26)16(27)9-5-8-15-6-3-2-4-7-15/h2-4,6-7,14H,5,8-13H2,1H3. The number of rotatable bonds is 5. The average molecular weight is 365 g/mol. The van der Waals surface area contributed by atoms with Crippen LogP contribution in [-0.4, -0.2) is 61.9 Å². The van der Waals surface area contributed by atoms with Crippen LogP contribution in [0.3, 0.4) is 0 Å². The van der Waals surface area contributed by atoms with Gasteiger partial charge in [-0.3, -0.25) is 4.79 Å². The number of benzene rings is 1. The van der Waals surface area contributed by atoms with E-state index < -0.39 is 0 Å². The zero-order valence-corrected chi connectivity index (χ0v) is 15.5. The summed E-state index contributed by atoms with van der Waals surface area (Å²) in [6.45, 7) is 2.89. The van der Waals surface area contributed by atoms with E-state index in [2.05, 4.69) is 37.3 Å². The van der Waals surface area contributed by atoms with Crippen molar-refractivity contribution < 1.29 is 4.79 Å². The molecule has 1 fully saturated rings. The number of hydrogen-bond acceptors (Lipinski definition) is 6. The fourth-order valence-corrected chi connectivity index (χ4v) is 3.49. The Kier molecular flexibility index (Phi) is 4.95. The summed E-state index contributed by atoms with van der Waals surface area (Å²) in [5.74, 6) is 1.03. The second-order valence-corrected chi connectivity index (χ2v) is 6.79. The van der Waals surface area contributed by atoms with Gasteiger partial charge >= 0.3 is 0 Å². The van der Waals surface area contributed by atoms with Crippen LogP contribution in [0.1, 0.15) is 18.4 Å². The maximum absolute atomic E-state index is 12.5. The molecule has 1 amide bonds. The SMILES string of the molecule is Cn1nnc2c(N3CCN(C(=O)CCCc4ccccc4)CC3)ncnc21. The van der Waals surface area contributed by atoms with Gasteiger partial charge in [-0.1, -0.05) is 35.5 Å². The predicted octanol–water partition coefficient (Wildman–Crippen LogP) is 1.43. The normalized spacial score (nSPS) is 14.7. The second kappa shape index (κ2) is 7.69. The van der Waals surface area contributed by atoms with Crippen molar-refractivity contribution in [3.05, 3.63) is 42.2 Å². The fourth-order valence-electron chi connectivity index (χ4n) is 3.49. The lowest BCUT2D eigenvalue weighted by molar-refractivity contribution is -0.131. The van der Waals surface area contributed by atoms with Gasteiger partial charge in [0, 0.05) is 39.6 Å². The van der Waals surface area contributed by atoms with Crippen molar-refractivity contribution in [1.82, 2.24) is 29.9 Å². The number of fused-ring (bicyclic) bond motifs is 1. The molecule has 2 aromatic heterocycles. The van der Waals surface area contributed by atoms with Gasteiger partial charge in [-0.05, 0) is 18.4 Å².